The van der Waals surface area contributed by atoms with E-state index >= 15 is 0 Å². The van der Waals surface area contributed by atoms with Crippen LogP contribution in [-0.2, 0) is 0 Å². The van der Waals surface area contributed by atoms with Gasteiger partial charge < -0.3 is 10.6 Å². The van der Waals surface area contributed by atoms with Gasteiger partial charge in [-0.2, -0.15) is 0 Å². The van der Waals surface area contributed by atoms with E-state index in [4.69, 9.17) is 0 Å². The third kappa shape index (κ3) is 5.24. The fourth-order valence-electron chi connectivity index (χ4n) is 1.48. The van der Waals surface area contributed by atoms with Crippen molar-refractivity contribution in [1.82, 2.24) is 15.3 Å². The number of carbonyl (C=O) groups is 1. The molecule has 19 heavy (non-hydrogen) atoms. The number of nitrogens with zero attached hydrogens (tertiary/aromatic N) is 2. The minimum atomic E-state index is -0.146. The van der Waals surface area contributed by atoms with E-state index in [1.54, 1.807) is 13.0 Å². The molecule has 0 aliphatic heterocycles. The van der Waals surface area contributed by atoms with E-state index in [2.05, 4.69) is 34.4 Å². The fourth-order valence-corrected chi connectivity index (χ4v) is 1.48. The van der Waals surface area contributed by atoms with Crippen LogP contribution in [0.2, 0.25) is 0 Å². The SMILES string of the molecule is CCC(C)NC(=O)c1cc(NCC(C)C)nc(C)n1. The molecule has 0 radical (unpaired) electrons. The standard InChI is InChI=1S/C14H24N4O/c1-6-10(4)16-14(19)12-7-13(15-8-9(2)3)18-11(5)17-12/h7,9-10H,6,8H2,1-5H3,(H,16,19)(H,15,17,18). The average molecular weight is 264 g/mol. The molecule has 5 nitrogen and oxygen atoms in total. The number of anilines is 1. The first kappa shape index (κ1) is 15.4. The van der Waals surface area contributed by atoms with Crippen LogP contribution in [0.1, 0.15) is 50.4 Å². The van der Waals surface area contributed by atoms with Gasteiger partial charge >= 0.3 is 0 Å². The number of hydrogen-bond donors (Lipinski definition) is 2. The zero-order valence-electron chi connectivity index (χ0n) is 12.4. The fraction of sp³-hybridized carbons (Fsp3) is 0.643. The van der Waals surface area contributed by atoms with Crippen LogP contribution in [0.25, 0.3) is 0 Å². The Labute approximate surface area is 115 Å². The van der Waals surface area contributed by atoms with Crippen LogP contribution in [0, 0.1) is 12.8 Å². The molecule has 1 atom stereocenters. The summed E-state index contributed by atoms with van der Waals surface area (Å²) in [7, 11) is 0. The lowest BCUT2D eigenvalue weighted by Gasteiger charge is -2.13. The monoisotopic (exact) mass is 264 g/mol. The van der Waals surface area contributed by atoms with Crippen molar-refractivity contribution < 1.29 is 4.79 Å². The van der Waals surface area contributed by atoms with E-state index in [9.17, 15) is 4.79 Å². The molecule has 2 N–H and O–H groups in total. The van der Waals surface area contributed by atoms with E-state index in [0.29, 0.717) is 23.3 Å². The second kappa shape index (κ2) is 7.07. The summed E-state index contributed by atoms with van der Waals surface area (Å²) in [5.41, 5.74) is 0.416. The summed E-state index contributed by atoms with van der Waals surface area (Å²) in [4.78, 5) is 20.5. The highest BCUT2D eigenvalue weighted by Crippen LogP contribution is 2.08. The Morgan fingerprint density at radius 3 is 2.58 bits per heavy atom. The molecule has 0 aromatic carbocycles. The molecule has 5 heteroatoms. The Hall–Kier alpha value is -1.65. The molecule has 0 aliphatic carbocycles. The molecular weight excluding hydrogens is 240 g/mol. The van der Waals surface area contributed by atoms with Gasteiger partial charge in [-0.25, -0.2) is 9.97 Å². The third-order valence-corrected chi connectivity index (χ3v) is 2.75. The smallest absolute Gasteiger partial charge is 0.270 e. The molecule has 0 bridgehead atoms. The molecule has 0 saturated carbocycles. The van der Waals surface area contributed by atoms with Gasteiger partial charge in [0, 0.05) is 18.7 Å². The van der Waals surface area contributed by atoms with Gasteiger partial charge in [0.25, 0.3) is 5.91 Å². The number of rotatable bonds is 6. The molecule has 1 aromatic heterocycles. The van der Waals surface area contributed by atoms with Gasteiger partial charge in [-0.05, 0) is 26.2 Å². The lowest BCUT2D eigenvalue weighted by Crippen LogP contribution is -2.32. The van der Waals surface area contributed by atoms with Crippen LogP contribution in [0.5, 0.6) is 0 Å². The predicted octanol–water partition coefficient (Wildman–Crippen LogP) is 2.38. The Morgan fingerprint density at radius 1 is 1.32 bits per heavy atom. The van der Waals surface area contributed by atoms with Gasteiger partial charge in [0.15, 0.2) is 0 Å². The van der Waals surface area contributed by atoms with Gasteiger partial charge in [-0.3, -0.25) is 4.79 Å². The first-order valence-corrected chi connectivity index (χ1v) is 6.82. The summed E-state index contributed by atoms with van der Waals surface area (Å²) in [6.07, 6.45) is 0.897. The Morgan fingerprint density at radius 2 is 2.00 bits per heavy atom. The molecule has 0 aliphatic rings. The maximum absolute atomic E-state index is 12.0. The Bertz CT molecular complexity index is 431. The molecule has 106 valence electrons. The van der Waals surface area contributed by atoms with Crippen LogP contribution < -0.4 is 10.6 Å². The zero-order chi connectivity index (χ0) is 14.4. The molecular formula is C14H24N4O. The van der Waals surface area contributed by atoms with Crippen molar-refractivity contribution in [3.8, 4) is 0 Å². The summed E-state index contributed by atoms with van der Waals surface area (Å²) < 4.78 is 0. The second-order valence-electron chi connectivity index (χ2n) is 5.24. The summed E-state index contributed by atoms with van der Waals surface area (Å²) in [6.45, 7) is 10.9. The average Bonchev–Trinajstić information content (AvgIpc) is 2.35. The normalized spacial score (nSPS) is 12.3. The molecule has 1 unspecified atom stereocenters. The molecule has 1 amide bonds. The maximum atomic E-state index is 12.0. The first-order chi connectivity index (χ1) is 8.92. The maximum Gasteiger partial charge on any atom is 0.270 e. The third-order valence-electron chi connectivity index (χ3n) is 2.75. The van der Waals surface area contributed by atoms with Crippen molar-refractivity contribution in [2.75, 3.05) is 11.9 Å². The number of nitrogens with one attached hydrogen (secondary N) is 2. The summed E-state index contributed by atoms with van der Waals surface area (Å²) >= 11 is 0. The van der Waals surface area contributed by atoms with Crippen molar-refractivity contribution in [1.29, 1.82) is 0 Å². The van der Waals surface area contributed by atoms with E-state index < -0.39 is 0 Å². The van der Waals surface area contributed by atoms with E-state index in [1.807, 2.05) is 13.8 Å². The number of aryl methyl sites for hydroxylation is 1. The van der Waals surface area contributed by atoms with Crippen molar-refractivity contribution in [3.63, 3.8) is 0 Å². The van der Waals surface area contributed by atoms with Gasteiger partial charge in [-0.15, -0.1) is 0 Å². The zero-order valence-corrected chi connectivity index (χ0v) is 12.4. The molecule has 0 spiro atoms. The van der Waals surface area contributed by atoms with Crippen molar-refractivity contribution in [2.24, 2.45) is 5.92 Å². The number of amides is 1. The number of hydrogen-bond acceptors (Lipinski definition) is 4. The van der Waals surface area contributed by atoms with Crippen LogP contribution in [-0.4, -0.2) is 28.5 Å². The van der Waals surface area contributed by atoms with Gasteiger partial charge in [0.2, 0.25) is 0 Å². The van der Waals surface area contributed by atoms with Crippen LogP contribution in [0.3, 0.4) is 0 Å². The van der Waals surface area contributed by atoms with Gasteiger partial charge in [0.1, 0.15) is 17.3 Å². The second-order valence-corrected chi connectivity index (χ2v) is 5.24. The van der Waals surface area contributed by atoms with Crippen molar-refractivity contribution in [2.45, 2.75) is 47.1 Å². The molecule has 0 fully saturated rings. The highest BCUT2D eigenvalue weighted by Gasteiger charge is 2.12. The summed E-state index contributed by atoms with van der Waals surface area (Å²) in [5, 5.41) is 6.12. The van der Waals surface area contributed by atoms with Gasteiger partial charge in [-0.1, -0.05) is 20.8 Å². The highest BCUT2D eigenvalue weighted by molar-refractivity contribution is 5.93. The van der Waals surface area contributed by atoms with Crippen LogP contribution >= 0.6 is 0 Å². The summed E-state index contributed by atoms with van der Waals surface area (Å²) in [5.74, 6) is 1.68. The molecule has 1 heterocycles. The molecule has 0 saturated heterocycles. The van der Waals surface area contributed by atoms with Crippen molar-refractivity contribution >= 4 is 11.7 Å². The van der Waals surface area contributed by atoms with Crippen LogP contribution in [0.4, 0.5) is 5.82 Å². The first-order valence-electron chi connectivity index (χ1n) is 6.82. The number of carbonyl (C=O) groups excluding carboxylic acids is 1. The molecule has 1 rings (SSSR count). The topological polar surface area (TPSA) is 66.9 Å². The lowest BCUT2D eigenvalue weighted by molar-refractivity contribution is 0.0934. The molecule has 1 aromatic rings. The minimum Gasteiger partial charge on any atom is -0.370 e. The predicted molar refractivity (Wildman–Crippen MR) is 77.3 cm³/mol. The largest absolute Gasteiger partial charge is 0.370 e. The minimum absolute atomic E-state index is 0.146. The van der Waals surface area contributed by atoms with E-state index in [1.165, 1.54) is 0 Å². The van der Waals surface area contributed by atoms with E-state index in [0.717, 1.165) is 13.0 Å². The number of aromatic nitrogens is 2. The lowest BCUT2D eigenvalue weighted by atomic mass is 10.2. The van der Waals surface area contributed by atoms with Crippen molar-refractivity contribution in [3.05, 3.63) is 17.6 Å². The van der Waals surface area contributed by atoms with Crippen LogP contribution in [0.15, 0.2) is 6.07 Å². The summed E-state index contributed by atoms with van der Waals surface area (Å²) in [6, 6.07) is 1.85. The van der Waals surface area contributed by atoms with Gasteiger partial charge in [0.05, 0.1) is 0 Å². The highest BCUT2D eigenvalue weighted by atomic mass is 16.1. The van der Waals surface area contributed by atoms with E-state index in [-0.39, 0.29) is 11.9 Å². The Kier molecular flexibility index (Phi) is 5.73. The quantitative estimate of drug-likeness (QED) is 0.828. The Balaban J connectivity index is 2.80.